The van der Waals surface area contributed by atoms with Gasteiger partial charge in [0.15, 0.2) is 0 Å². The number of rotatable bonds is 7. The Labute approximate surface area is 175 Å². The summed E-state index contributed by atoms with van der Waals surface area (Å²) in [6.07, 6.45) is 11.2. The summed E-state index contributed by atoms with van der Waals surface area (Å²) >= 11 is 1.66. The Bertz CT molecular complexity index is 843. The van der Waals surface area contributed by atoms with Crippen molar-refractivity contribution in [2.45, 2.75) is 67.7 Å². The van der Waals surface area contributed by atoms with E-state index in [4.69, 9.17) is 4.98 Å². The third-order valence-corrected chi connectivity index (χ3v) is 4.70. The molecule has 0 aromatic carbocycles. The maximum atomic E-state index is 4.87. The molecule has 2 rings (SSSR count). The van der Waals surface area contributed by atoms with E-state index in [-0.39, 0.29) is 0 Å². The fraction of sp³-hybridized carbons (Fsp3) is 0.417. The van der Waals surface area contributed by atoms with Crippen molar-refractivity contribution in [1.82, 2.24) is 9.97 Å². The standard InChI is InChI=1S/C21H27N3S.C3H8/c1-7-9-19(23-11-14(3)4)21-24-20(13-25-21)18-12-22-16(6)17(18)10-15(5)8-2;1-3-2/h8,10-13,22H,2,7,9H2,1,3-6H3;3H2,1-2H3/b15-10-,23-19?;. The summed E-state index contributed by atoms with van der Waals surface area (Å²) in [6.45, 7) is 18.5. The van der Waals surface area contributed by atoms with Crippen LogP contribution in [0.2, 0.25) is 0 Å². The molecule has 0 radical (unpaired) electrons. The minimum absolute atomic E-state index is 0.936. The van der Waals surface area contributed by atoms with Gasteiger partial charge in [-0.2, -0.15) is 0 Å². The molecule has 0 atom stereocenters. The summed E-state index contributed by atoms with van der Waals surface area (Å²) in [5.74, 6) is 0. The van der Waals surface area contributed by atoms with Crippen molar-refractivity contribution in [3.05, 3.63) is 57.8 Å². The molecule has 0 unspecified atom stereocenters. The van der Waals surface area contributed by atoms with Crippen LogP contribution in [-0.2, 0) is 0 Å². The van der Waals surface area contributed by atoms with Crippen LogP contribution >= 0.6 is 11.3 Å². The number of allylic oxidation sites excluding steroid dienone is 3. The van der Waals surface area contributed by atoms with Crippen LogP contribution in [0.4, 0.5) is 0 Å². The van der Waals surface area contributed by atoms with Gasteiger partial charge in [-0.3, -0.25) is 4.99 Å². The Morgan fingerprint density at radius 3 is 2.50 bits per heavy atom. The average molecular weight is 398 g/mol. The fourth-order valence-corrected chi connectivity index (χ4v) is 3.27. The van der Waals surface area contributed by atoms with Crippen LogP contribution in [-0.4, -0.2) is 15.7 Å². The summed E-state index contributed by atoms with van der Waals surface area (Å²) in [4.78, 5) is 12.8. The van der Waals surface area contributed by atoms with Gasteiger partial charge in [0.2, 0.25) is 0 Å². The first kappa shape index (κ1) is 23.8. The summed E-state index contributed by atoms with van der Waals surface area (Å²) in [5.41, 5.74) is 7.82. The third-order valence-electron chi connectivity index (χ3n) is 3.81. The van der Waals surface area contributed by atoms with E-state index in [2.05, 4.69) is 76.5 Å². The number of hydrogen-bond donors (Lipinski definition) is 1. The molecule has 3 nitrogen and oxygen atoms in total. The molecule has 0 spiro atoms. The van der Waals surface area contributed by atoms with Crippen molar-refractivity contribution in [2.75, 3.05) is 0 Å². The SMILES string of the molecule is C=C/C(C)=C\c1c(-c2csc(C(CCC)=NC=C(C)C)n2)c[nH]c1C.CCC. The number of aromatic nitrogens is 2. The van der Waals surface area contributed by atoms with E-state index in [0.717, 1.165) is 46.1 Å². The molecule has 2 heterocycles. The Morgan fingerprint density at radius 1 is 1.25 bits per heavy atom. The van der Waals surface area contributed by atoms with E-state index in [1.807, 2.05) is 18.5 Å². The second kappa shape index (κ2) is 12.3. The smallest absolute Gasteiger partial charge is 0.138 e. The predicted octanol–water partition coefficient (Wildman–Crippen LogP) is 7.97. The van der Waals surface area contributed by atoms with Crippen molar-refractivity contribution in [3.8, 4) is 11.3 Å². The molecule has 0 aliphatic rings. The quantitative estimate of drug-likeness (QED) is 0.373. The topological polar surface area (TPSA) is 41.0 Å². The van der Waals surface area contributed by atoms with E-state index in [0.29, 0.717) is 0 Å². The lowest BCUT2D eigenvalue weighted by Gasteiger charge is -2.01. The first-order valence-electron chi connectivity index (χ1n) is 10.0. The maximum Gasteiger partial charge on any atom is 0.138 e. The Morgan fingerprint density at radius 2 is 1.93 bits per heavy atom. The number of H-pyrrole nitrogens is 1. The number of nitrogens with zero attached hydrogens (tertiary/aromatic N) is 2. The van der Waals surface area contributed by atoms with Gasteiger partial charge in [-0.05, 0) is 40.2 Å². The van der Waals surface area contributed by atoms with Gasteiger partial charge in [-0.25, -0.2) is 4.98 Å². The number of aryl methyl sites for hydroxylation is 1. The molecule has 0 saturated heterocycles. The van der Waals surface area contributed by atoms with Gasteiger partial charge < -0.3 is 4.98 Å². The van der Waals surface area contributed by atoms with Crippen molar-refractivity contribution in [1.29, 1.82) is 0 Å². The first-order valence-corrected chi connectivity index (χ1v) is 10.9. The highest BCUT2D eigenvalue weighted by Crippen LogP contribution is 2.30. The van der Waals surface area contributed by atoms with Crippen molar-refractivity contribution >= 4 is 23.1 Å². The van der Waals surface area contributed by atoms with Gasteiger partial charge >= 0.3 is 0 Å². The van der Waals surface area contributed by atoms with Crippen molar-refractivity contribution in [2.24, 2.45) is 4.99 Å². The van der Waals surface area contributed by atoms with Crippen LogP contribution < -0.4 is 0 Å². The molecule has 0 fully saturated rings. The molecule has 0 aliphatic heterocycles. The van der Waals surface area contributed by atoms with Gasteiger partial charge in [-0.1, -0.05) is 57.4 Å². The maximum absolute atomic E-state index is 4.87. The lowest BCUT2D eigenvalue weighted by atomic mass is 10.1. The zero-order chi connectivity index (χ0) is 21.1. The summed E-state index contributed by atoms with van der Waals surface area (Å²) < 4.78 is 0. The van der Waals surface area contributed by atoms with Gasteiger partial charge in [0.25, 0.3) is 0 Å². The van der Waals surface area contributed by atoms with Gasteiger partial charge in [-0.15, -0.1) is 11.3 Å². The van der Waals surface area contributed by atoms with E-state index >= 15 is 0 Å². The summed E-state index contributed by atoms with van der Waals surface area (Å²) in [5, 5.41) is 3.12. The predicted molar refractivity (Wildman–Crippen MR) is 127 cm³/mol. The zero-order valence-corrected chi connectivity index (χ0v) is 19.3. The lowest BCUT2D eigenvalue weighted by Crippen LogP contribution is -1.99. The highest BCUT2D eigenvalue weighted by molar-refractivity contribution is 7.12. The number of hydrogen-bond acceptors (Lipinski definition) is 3. The first-order chi connectivity index (χ1) is 13.4. The van der Waals surface area contributed by atoms with Crippen LogP contribution in [0.25, 0.3) is 17.3 Å². The third kappa shape index (κ3) is 7.08. The highest BCUT2D eigenvalue weighted by Gasteiger charge is 2.14. The molecule has 2 aromatic rings. The zero-order valence-electron chi connectivity index (χ0n) is 18.5. The Kier molecular flexibility index (Phi) is 10.5. The van der Waals surface area contributed by atoms with Crippen LogP contribution in [0.3, 0.4) is 0 Å². The fourth-order valence-electron chi connectivity index (χ4n) is 2.42. The van der Waals surface area contributed by atoms with E-state index < -0.39 is 0 Å². The summed E-state index contributed by atoms with van der Waals surface area (Å²) in [7, 11) is 0. The summed E-state index contributed by atoms with van der Waals surface area (Å²) in [6, 6.07) is 0. The van der Waals surface area contributed by atoms with Gasteiger partial charge in [0.05, 0.1) is 11.4 Å². The molecule has 1 N–H and O–H groups in total. The molecule has 0 amide bonds. The molecule has 4 heteroatoms. The van der Waals surface area contributed by atoms with Crippen LogP contribution in [0.5, 0.6) is 0 Å². The largest absolute Gasteiger partial charge is 0.364 e. The molecule has 0 saturated carbocycles. The lowest BCUT2D eigenvalue weighted by molar-refractivity contribution is 0.989. The van der Waals surface area contributed by atoms with Crippen LogP contribution in [0.15, 0.2) is 46.6 Å². The molecule has 28 heavy (non-hydrogen) atoms. The van der Waals surface area contributed by atoms with E-state index in [1.54, 1.807) is 11.3 Å². The number of nitrogens with one attached hydrogen (secondary N) is 1. The van der Waals surface area contributed by atoms with Crippen LogP contribution in [0, 0.1) is 6.92 Å². The second-order valence-electron chi connectivity index (χ2n) is 7.11. The van der Waals surface area contributed by atoms with Gasteiger partial charge in [0, 0.05) is 34.6 Å². The molecule has 0 bridgehead atoms. The molecule has 0 aliphatic carbocycles. The normalized spacial score (nSPS) is 11.7. The molecule has 2 aromatic heterocycles. The van der Waals surface area contributed by atoms with Gasteiger partial charge in [0.1, 0.15) is 5.01 Å². The Hall–Kier alpha value is -2.20. The minimum Gasteiger partial charge on any atom is -0.364 e. The average Bonchev–Trinajstić information content (AvgIpc) is 3.26. The Balaban J connectivity index is 0.00000122. The van der Waals surface area contributed by atoms with E-state index in [1.165, 1.54) is 17.6 Å². The van der Waals surface area contributed by atoms with E-state index in [9.17, 15) is 0 Å². The number of aliphatic imine (C=N–C) groups is 1. The minimum atomic E-state index is 0.936. The van der Waals surface area contributed by atoms with Crippen molar-refractivity contribution < 1.29 is 0 Å². The molecular formula is C24H35N3S. The monoisotopic (exact) mass is 397 g/mol. The highest BCUT2D eigenvalue weighted by atomic mass is 32.1. The van der Waals surface area contributed by atoms with Crippen LogP contribution in [0.1, 0.15) is 77.1 Å². The second-order valence-corrected chi connectivity index (χ2v) is 7.97. The molecular weight excluding hydrogens is 362 g/mol. The molecule has 152 valence electrons. The van der Waals surface area contributed by atoms with Crippen molar-refractivity contribution in [3.63, 3.8) is 0 Å². The number of aromatic amines is 1. The number of thiazole rings is 1.